The van der Waals surface area contributed by atoms with E-state index in [0.717, 1.165) is 24.2 Å². The van der Waals surface area contributed by atoms with Gasteiger partial charge < -0.3 is 10.1 Å². The van der Waals surface area contributed by atoms with E-state index in [1.165, 1.54) is 0 Å². The highest BCUT2D eigenvalue weighted by molar-refractivity contribution is 7.11. The Labute approximate surface area is 120 Å². The fraction of sp³-hybridized carbons (Fsp3) is 0.769. The van der Waals surface area contributed by atoms with Crippen LogP contribution in [-0.4, -0.2) is 24.2 Å². The zero-order valence-electron chi connectivity index (χ0n) is 11.6. The lowest BCUT2D eigenvalue weighted by Crippen LogP contribution is -2.23. The van der Waals surface area contributed by atoms with Crippen LogP contribution >= 0.6 is 11.3 Å². The number of rotatable bonds is 4. The topological polar surface area (TPSA) is 34.1 Å². The third-order valence-electron chi connectivity index (χ3n) is 3.16. The van der Waals surface area contributed by atoms with Crippen LogP contribution in [0.15, 0.2) is 0 Å². The first kappa shape index (κ1) is 15.7. The molecule has 1 aliphatic rings. The molecule has 1 saturated heterocycles. The summed E-state index contributed by atoms with van der Waals surface area (Å²) in [6.07, 6.45) is -2.66. The number of aromatic nitrogens is 1. The molecule has 1 aromatic heterocycles. The van der Waals surface area contributed by atoms with Gasteiger partial charge in [0, 0.05) is 25.1 Å². The largest absolute Gasteiger partial charge is 0.434 e. The van der Waals surface area contributed by atoms with Gasteiger partial charge >= 0.3 is 6.18 Å². The minimum Gasteiger partial charge on any atom is -0.381 e. The molecule has 1 aliphatic heterocycles. The number of nitrogens with zero attached hydrogens (tertiary/aromatic N) is 1. The minimum absolute atomic E-state index is 0.00245. The second-order valence-corrected chi connectivity index (χ2v) is 6.39. The molecule has 3 nitrogen and oxygen atoms in total. The summed E-state index contributed by atoms with van der Waals surface area (Å²) in [5.74, 6) is 0.00245. The Morgan fingerprint density at radius 3 is 2.75 bits per heavy atom. The van der Waals surface area contributed by atoms with Crippen LogP contribution in [0.4, 0.5) is 13.2 Å². The van der Waals surface area contributed by atoms with Crippen LogP contribution in [-0.2, 0) is 17.5 Å². The molecular weight excluding hydrogens is 289 g/mol. The molecule has 2 rings (SSSR count). The van der Waals surface area contributed by atoms with Crippen molar-refractivity contribution in [2.24, 2.45) is 0 Å². The lowest BCUT2D eigenvalue weighted by molar-refractivity contribution is -0.141. The molecule has 0 bridgehead atoms. The van der Waals surface area contributed by atoms with Gasteiger partial charge in [0.2, 0.25) is 0 Å². The van der Waals surface area contributed by atoms with Crippen molar-refractivity contribution in [3.8, 4) is 0 Å². The summed E-state index contributed by atoms with van der Waals surface area (Å²) >= 11 is 1.16. The molecule has 0 amide bonds. The highest BCUT2D eigenvalue weighted by atomic mass is 32.1. The summed E-state index contributed by atoms with van der Waals surface area (Å²) in [6, 6.07) is 0.139. The van der Waals surface area contributed by atoms with Crippen LogP contribution in [0, 0.1) is 0 Å². The van der Waals surface area contributed by atoms with Gasteiger partial charge in [0.1, 0.15) is 0 Å². The normalized spacial score (nSPS) is 20.6. The Kier molecular flexibility index (Phi) is 5.04. The van der Waals surface area contributed by atoms with Crippen LogP contribution < -0.4 is 5.32 Å². The van der Waals surface area contributed by atoms with E-state index in [-0.39, 0.29) is 23.4 Å². The molecule has 114 valence electrons. The predicted octanol–water partition coefficient (Wildman–Crippen LogP) is 3.55. The first-order valence-electron chi connectivity index (χ1n) is 6.76. The molecule has 1 N–H and O–H groups in total. The Hall–Kier alpha value is -0.660. The predicted molar refractivity (Wildman–Crippen MR) is 71.9 cm³/mol. The lowest BCUT2D eigenvalue weighted by atomic mass is 10.0. The Balaban J connectivity index is 2.21. The third kappa shape index (κ3) is 3.93. The van der Waals surface area contributed by atoms with Gasteiger partial charge in [-0.2, -0.15) is 13.2 Å². The first-order valence-corrected chi connectivity index (χ1v) is 7.57. The summed E-state index contributed by atoms with van der Waals surface area (Å²) in [4.78, 5) is 4.13. The van der Waals surface area contributed by atoms with Crippen LogP contribution in [0.25, 0.3) is 0 Å². The molecule has 1 atom stereocenters. The van der Waals surface area contributed by atoms with Crippen molar-refractivity contribution in [1.82, 2.24) is 10.3 Å². The maximum atomic E-state index is 13.0. The van der Waals surface area contributed by atoms with Crippen molar-refractivity contribution in [1.29, 1.82) is 0 Å². The van der Waals surface area contributed by atoms with Gasteiger partial charge in [0.25, 0.3) is 0 Å². The molecule has 7 heteroatoms. The number of hydrogen-bond donors (Lipinski definition) is 1. The molecule has 0 aromatic carbocycles. The number of nitrogens with one attached hydrogen (secondary N) is 1. The quantitative estimate of drug-likeness (QED) is 0.923. The number of alkyl halides is 3. The van der Waals surface area contributed by atoms with E-state index in [4.69, 9.17) is 4.74 Å². The second-order valence-electron chi connectivity index (χ2n) is 5.27. The molecule has 1 unspecified atom stereocenters. The molecule has 0 spiro atoms. The molecule has 2 heterocycles. The van der Waals surface area contributed by atoms with Gasteiger partial charge in [-0.1, -0.05) is 13.8 Å². The minimum atomic E-state index is -4.39. The summed E-state index contributed by atoms with van der Waals surface area (Å²) in [6.45, 7) is 5.18. The Morgan fingerprint density at radius 1 is 1.45 bits per heavy atom. The highest BCUT2D eigenvalue weighted by Gasteiger charge is 2.38. The monoisotopic (exact) mass is 308 g/mol. The molecule has 0 aliphatic carbocycles. The van der Waals surface area contributed by atoms with Gasteiger partial charge in [-0.3, -0.25) is 0 Å². The van der Waals surface area contributed by atoms with E-state index >= 15 is 0 Å². The fourth-order valence-corrected chi connectivity index (χ4v) is 3.27. The smallest absolute Gasteiger partial charge is 0.381 e. The van der Waals surface area contributed by atoms with E-state index in [2.05, 4.69) is 10.3 Å². The van der Waals surface area contributed by atoms with Crippen molar-refractivity contribution < 1.29 is 17.9 Å². The zero-order valence-corrected chi connectivity index (χ0v) is 12.4. The lowest BCUT2D eigenvalue weighted by Gasteiger charge is -2.19. The van der Waals surface area contributed by atoms with E-state index < -0.39 is 11.9 Å². The van der Waals surface area contributed by atoms with Crippen molar-refractivity contribution in [3.05, 3.63) is 15.6 Å². The fourth-order valence-electron chi connectivity index (χ4n) is 2.12. The average molecular weight is 308 g/mol. The maximum Gasteiger partial charge on any atom is 0.434 e. The van der Waals surface area contributed by atoms with Crippen molar-refractivity contribution >= 4 is 11.3 Å². The molecule has 20 heavy (non-hydrogen) atoms. The maximum absolute atomic E-state index is 13.0. The Morgan fingerprint density at radius 2 is 2.20 bits per heavy atom. The van der Waals surface area contributed by atoms with Gasteiger partial charge in [0.05, 0.1) is 16.5 Å². The number of thiazole rings is 1. The van der Waals surface area contributed by atoms with Gasteiger partial charge in [-0.05, 0) is 12.8 Å². The second kappa shape index (κ2) is 6.41. The Bertz CT molecular complexity index is 439. The van der Waals surface area contributed by atoms with Crippen LogP contribution in [0.1, 0.15) is 48.2 Å². The summed E-state index contributed by atoms with van der Waals surface area (Å²) in [7, 11) is 0. The summed E-state index contributed by atoms with van der Waals surface area (Å²) in [5.41, 5.74) is -0.740. The van der Waals surface area contributed by atoms with Crippen LogP contribution in [0.2, 0.25) is 0 Å². The van der Waals surface area contributed by atoms with E-state index in [9.17, 15) is 13.2 Å². The van der Waals surface area contributed by atoms with Crippen molar-refractivity contribution in [2.75, 3.05) is 13.2 Å². The molecule has 0 saturated carbocycles. The average Bonchev–Trinajstić information content (AvgIpc) is 2.81. The van der Waals surface area contributed by atoms with E-state index in [1.807, 2.05) is 13.8 Å². The van der Waals surface area contributed by atoms with E-state index in [0.29, 0.717) is 18.2 Å². The van der Waals surface area contributed by atoms with Crippen molar-refractivity contribution in [3.63, 3.8) is 0 Å². The van der Waals surface area contributed by atoms with Crippen molar-refractivity contribution in [2.45, 2.75) is 51.4 Å². The van der Waals surface area contributed by atoms with E-state index in [1.54, 1.807) is 0 Å². The first-order chi connectivity index (χ1) is 9.38. The summed E-state index contributed by atoms with van der Waals surface area (Å²) < 4.78 is 44.5. The molecule has 1 aromatic rings. The summed E-state index contributed by atoms with van der Waals surface area (Å²) in [5, 5.41) is 3.58. The number of halogens is 3. The number of hydrogen-bond acceptors (Lipinski definition) is 4. The highest BCUT2D eigenvalue weighted by Crippen LogP contribution is 2.38. The van der Waals surface area contributed by atoms with Crippen LogP contribution in [0.3, 0.4) is 0 Å². The van der Waals surface area contributed by atoms with Crippen LogP contribution in [0.5, 0.6) is 0 Å². The standard InChI is InChI=1S/C13H19F3N2OS/c1-8(2)17-6-10-11(13(14,15)16)18-12(20-10)9-4-3-5-19-7-9/h8-9,17H,3-7H2,1-2H3. The molecule has 1 fully saturated rings. The SMILES string of the molecule is CC(C)NCc1sc(C2CCCOC2)nc1C(F)(F)F. The van der Waals surface area contributed by atoms with Gasteiger partial charge in [-0.15, -0.1) is 11.3 Å². The third-order valence-corrected chi connectivity index (χ3v) is 4.38. The van der Waals surface area contributed by atoms with Gasteiger partial charge in [0.15, 0.2) is 5.69 Å². The number of ether oxygens (including phenoxy) is 1. The molecule has 0 radical (unpaired) electrons. The zero-order chi connectivity index (χ0) is 14.8. The molecular formula is C13H19F3N2OS. The van der Waals surface area contributed by atoms with Gasteiger partial charge in [-0.25, -0.2) is 4.98 Å².